The Kier molecular flexibility index (Phi) is 70.4. The molecule has 0 aromatic heterocycles. The maximum atomic E-state index is 15.0. The zero-order chi connectivity index (χ0) is 86.3. The van der Waals surface area contributed by atoms with Gasteiger partial charge < -0.3 is 74.0 Å². The first-order chi connectivity index (χ1) is 57.2. The van der Waals surface area contributed by atoms with Crippen molar-refractivity contribution < 1.29 is 101 Å². The lowest BCUT2D eigenvalue weighted by atomic mass is 9.95. The minimum absolute atomic E-state index is 0.124. The Labute approximate surface area is 716 Å². The number of esters is 4. The van der Waals surface area contributed by atoms with Crippen LogP contribution in [0.4, 0.5) is 0 Å². The first kappa shape index (κ1) is 111. The fraction of sp³-hybridized carbons (Fsp3) is 0.936. The number of carbonyl (C=O) groups is 6. The third-order valence-electron chi connectivity index (χ3n) is 23.6. The van der Waals surface area contributed by atoms with Crippen molar-refractivity contribution in [3.05, 3.63) is 0 Å². The Balaban J connectivity index is 2.58. The highest BCUT2D eigenvalue weighted by Crippen LogP contribution is 2.43. The highest BCUT2D eigenvalue weighted by atomic mass is 31.2. The third-order valence-corrected chi connectivity index (χ3v) is 24.1. The average Bonchev–Trinajstić information content (AvgIpc) is 0.764. The normalized spacial score (nSPS) is 20.3. The first-order valence-corrected chi connectivity index (χ1v) is 50.4. The number of aliphatic hydroxyl groups is 4. The van der Waals surface area contributed by atoms with Gasteiger partial charge >= 0.3 is 31.7 Å². The van der Waals surface area contributed by atoms with Crippen LogP contribution in [-0.2, 0) is 71.0 Å². The van der Waals surface area contributed by atoms with E-state index < -0.39 is 149 Å². The third kappa shape index (κ3) is 58.7. The molecular formula is C94H177N2O21P. The number of phosphoric acid groups is 1. The van der Waals surface area contributed by atoms with Gasteiger partial charge in [-0.3, -0.25) is 33.3 Å². The summed E-state index contributed by atoms with van der Waals surface area (Å²) in [5.74, 6) is -3.85. The van der Waals surface area contributed by atoms with Crippen LogP contribution in [-0.4, -0.2) is 159 Å². The second-order valence-electron chi connectivity index (χ2n) is 34.8. The number of aliphatic hydroxyl groups excluding tert-OH is 4. The van der Waals surface area contributed by atoms with E-state index in [1.165, 1.54) is 161 Å². The highest BCUT2D eigenvalue weighted by molar-refractivity contribution is 7.46. The van der Waals surface area contributed by atoms with Crippen molar-refractivity contribution in [3.63, 3.8) is 0 Å². The first-order valence-electron chi connectivity index (χ1n) is 48.9. The topological polar surface area (TPSA) is 339 Å². The molecule has 0 aromatic rings. The molecule has 2 rings (SSSR count). The Hall–Kier alpha value is -3.35. The molecule has 2 aliphatic heterocycles. The van der Waals surface area contributed by atoms with Crippen LogP contribution in [0.25, 0.3) is 0 Å². The Morgan fingerprint density at radius 2 is 0.619 bits per heavy atom. The van der Waals surface area contributed by atoms with Gasteiger partial charge in [-0.2, -0.15) is 0 Å². The number of unbranched alkanes of at least 4 members (excludes halogenated alkanes) is 52. The number of carbonyl (C=O) groups excluding carboxylic acids is 6. The van der Waals surface area contributed by atoms with Crippen molar-refractivity contribution in [2.45, 2.75) is 551 Å². The Morgan fingerprint density at radius 1 is 0.339 bits per heavy atom. The molecule has 13 atom stereocenters. The van der Waals surface area contributed by atoms with Gasteiger partial charge in [0.15, 0.2) is 18.7 Å². The van der Waals surface area contributed by atoms with Gasteiger partial charge in [0.05, 0.1) is 32.5 Å². The molecule has 0 aromatic carbocycles. The molecule has 8 N–H and O–H groups in total. The molecule has 0 saturated carbocycles. The van der Waals surface area contributed by atoms with E-state index in [1.807, 2.05) is 0 Å². The summed E-state index contributed by atoms with van der Waals surface area (Å²) in [6, 6.07) is -3.37. The number of hydrogen-bond acceptors (Lipinski definition) is 19. The summed E-state index contributed by atoms with van der Waals surface area (Å²) in [5.41, 5.74) is 0. The molecule has 0 aliphatic carbocycles. The van der Waals surface area contributed by atoms with Crippen molar-refractivity contribution in [1.82, 2.24) is 10.6 Å². The molecule has 24 heteroatoms. The van der Waals surface area contributed by atoms with E-state index in [4.69, 9.17) is 37.7 Å². The molecule has 0 radical (unpaired) electrons. The molecule has 118 heavy (non-hydrogen) atoms. The summed E-state index contributed by atoms with van der Waals surface area (Å²) in [6.07, 6.45) is 44.1. The van der Waals surface area contributed by atoms with Crippen LogP contribution in [0.1, 0.15) is 472 Å². The number of nitrogens with one attached hydrogen (secondary N) is 2. The molecule has 0 bridgehead atoms. The van der Waals surface area contributed by atoms with Gasteiger partial charge in [0.1, 0.15) is 60.9 Å². The van der Waals surface area contributed by atoms with Gasteiger partial charge in [-0.15, -0.1) is 0 Å². The minimum atomic E-state index is -5.58. The van der Waals surface area contributed by atoms with Gasteiger partial charge in [-0.25, -0.2) is 4.57 Å². The van der Waals surface area contributed by atoms with Crippen LogP contribution < -0.4 is 10.6 Å². The van der Waals surface area contributed by atoms with Crippen LogP contribution in [0.5, 0.6) is 0 Å². The van der Waals surface area contributed by atoms with Crippen LogP contribution in [0, 0.1) is 0 Å². The SMILES string of the molecule is CCCCCCCCCCCCCC(=O)O[C@H](CCCCCCCCCCC)CC(=O)N[C@@H]1[C@@H](O)[C@H](O)[C@@H](CO[C@@H]2O[C@H](CO)[C@@H](OP(=O)(O)O)[C@H](OC(=O)C[C@@H](CCCCCCCCCCC)OC(=O)CCCCCCCCCCCCC)[C@H]2NC(=O)C[C@@H](CCCCCCCCCCC)OC(=O)CCCCCCCCCCC)O[C@@H]1O. The predicted molar refractivity (Wildman–Crippen MR) is 468 cm³/mol. The van der Waals surface area contributed by atoms with Crippen molar-refractivity contribution in [2.24, 2.45) is 0 Å². The van der Waals surface area contributed by atoms with Crippen LogP contribution in [0.2, 0.25) is 0 Å². The molecular weight excluding hydrogens is 1520 g/mol. The molecule has 694 valence electrons. The van der Waals surface area contributed by atoms with Gasteiger partial charge in [0, 0.05) is 19.3 Å². The van der Waals surface area contributed by atoms with Gasteiger partial charge in [0.25, 0.3) is 0 Å². The number of rotatable bonds is 82. The van der Waals surface area contributed by atoms with Crippen molar-refractivity contribution in [1.29, 1.82) is 0 Å². The van der Waals surface area contributed by atoms with Gasteiger partial charge in [-0.1, -0.05) is 375 Å². The smallest absolute Gasteiger partial charge is 0.462 e. The molecule has 2 heterocycles. The van der Waals surface area contributed by atoms with Crippen LogP contribution in [0.15, 0.2) is 0 Å². The average molecular weight is 1700 g/mol. The van der Waals surface area contributed by atoms with Crippen LogP contribution >= 0.6 is 7.82 Å². The second kappa shape index (κ2) is 75.0. The van der Waals surface area contributed by atoms with Gasteiger partial charge in [-0.05, 0) is 57.8 Å². The number of hydrogen-bond donors (Lipinski definition) is 8. The fourth-order valence-corrected chi connectivity index (χ4v) is 16.9. The predicted octanol–water partition coefficient (Wildman–Crippen LogP) is 21.5. The Bertz CT molecular complexity index is 2480. The largest absolute Gasteiger partial charge is 0.470 e. The van der Waals surface area contributed by atoms with E-state index >= 15 is 0 Å². The highest BCUT2D eigenvalue weighted by Gasteiger charge is 2.53. The number of phosphoric ester groups is 1. The van der Waals surface area contributed by atoms with E-state index in [9.17, 15) is 63.5 Å². The standard InChI is InChI=1S/C94H177N2O21P/c1-7-13-19-25-31-37-39-45-51-57-63-68-83(100)111-76(65-59-53-47-41-33-27-21-15-9-3)71-81(98)95-87-90(105)89(104)80(114-93(87)106)75-110-94-88(96-82(99)72-77(66-60-54-48-42-34-28-22-16-10-4)112-84(101)69-62-56-50-44-36-30-24-18-12-6)92(91(79(74-97)115-94)117-118(107,108)109)116-86(103)73-78(67-61-55-49-43-35-29-23-17-11-5)113-85(102)70-64-58-52-46-40-38-32-26-20-14-8-2/h76-80,87-94,97,104-106H,7-75H2,1-6H3,(H,95,98)(H,96,99)(H2,107,108,109)/t76-,77-,78-,79-,80-,87-,88-,89-,90-,91-,92-,93+,94-/m1/s1. The van der Waals surface area contributed by atoms with E-state index in [-0.39, 0.29) is 32.1 Å². The van der Waals surface area contributed by atoms with E-state index in [0.717, 1.165) is 173 Å². The lowest BCUT2D eigenvalue weighted by molar-refractivity contribution is -0.297. The van der Waals surface area contributed by atoms with Crippen molar-refractivity contribution >= 4 is 43.5 Å². The second-order valence-corrected chi connectivity index (χ2v) is 35.9. The molecule has 2 amide bonds. The fourth-order valence-electron chi connectivity index (χ4n) is 16.3. The zero-order valence-corrected chi connectivity index (χ0v) is 76.4. The number of amides is 2. The maximum absolute atomic E-state index is 15.0. The van der Waals surface area contributed by atoms with Crippen molar-refractivity contribution in [2.75, 3.05) is 13.2 Å². The van der Waals surface area contributed by atoms with Crippen molar-refractivity contribution in [3.8, 4) is 0 Å². The summed E-state index contributed by atoms with van der Waals surface area (Å²) >= 11 is 0. The summed E-state index contributed by atoms with van der Waals surface area (Å²) in [6.45, 7) is 11.4. The lowest BCUT2D eigenvalue weighted by Gasteiger charge is -2.46. The molecule has 23 nitrogen and oxygen atoms in total. The summed E-state index contributed by atoms with van der Waals surface area (Å²) in [7, 11) is -5.58. The summed E-state index contributed by atoms with van der Waals surface area (Å²) in [5, 5.41) is 51.8. The molecule has 0 unspecified atom stereocenters. The maximum Gasteiger partial charge on any atom is 0.470 e. The summed E-state index contributed by atoms with van der Waals surface area (Å²) in [4.78, 5) is 106. The number of ether oxygens (including phenoxy) is 7. The Morgan fingerprint density at radius 3 is 0.915 bits per heavy atom. The molecule has 0 spiro atoms. The zero-order valence-electron chi connectivity index (χ0n) is 75.6. The minimum Gasteiger partial charge on any atom is -0.462 e. The van der Waals surface area contributed by atoms with E-state index in [1.54, 1.807) is 0 Å². The monoisotopic (exact) mass is 1700 g/mol. The van der Waals surface area contributed by atoms with Gasteiger partial charge in [0.2, 0.25) is 11.8 Å². The molecule has 2 aliphatic rings. The quantitative estimate of drug-likeness (QED) is 0.0121. The van der Waals surface area contributed by atoms with Crippen LogP contribution in [0.3, 0.4) is 0 Å². The molecule has 2 fully saturated rings. The summed E-state index contributed by atoms with van der Waals surface area (Å²) < 4.78 is 61.4. The van der Waals surface area contributed by atoms with E-state index in [2.05, 4.69) is 52.2 Å². The lowest BCUT2D eigenvalue weighted by Crippen LogP contribution is -2.67. The molecule has 2 saturated heterocycles. The van der Waals surface area contributed by atoms with E-state index in [0.29, 0.717) is 51.4 Å².